The minimum atomic E-state index is -0.582. The Hall–Kier alpha value is -3.43. The van der Waals surface area contributed by atoms with Crippen LogP contribution in [0.1, 0.15) is 11.3 Å². The fourth-order valence-electron chi connectivity index (χ4n) is 2.38. The molecule has 0 spiro atoms. The Bertz CT molecular complexity index is 1070. The summed E-state index contributed by atoms with van der Waals surface area (Å²) in [5, 5.41) is 20.3. The van der Waals surface area contributed by atoms with Crippen molar-refractivity contribution in [3.8, 4) is 17.4 Å². The first-order valence-electron chi connectivity index (χ1n) is 7.40. The molecule has 0 N–H and O–H groups in total. The van der Waals surface area contributed by atoms with E-state index in [1.54, 1.807) is 24.3 Å². The van der Waals surface area contributed by atoms with Gasteiger partial charge in [0.2, 0.25) is 0 Å². The minimum absolute atomic E-state index is 0.0248. The summed E-state index contributed by atoms with van der Waals surface area (Å²) >= 11 is 5.80. The lowest BCUT2D eigenvalue weighted by Crippen LogP contribution is -1.89. The van der Waals surface area contributed by atoms with Gasteiger partial charge in [-0.1, -0.05) is 29.8 Å². The van der Waals surface area contributed by atoms with Crippen LogP contribution in [0.15, 0.2) is 59.0 Å². The summed E-state index contributed by atoms with van der Waals surface area (Å²) in [6, 6.07) is 15.4. The monoisotopic (exact) mass is 368 g/mol. The van der Waals surface area contributed by atoms with Gasteiger partial charge < -0.3 is 4.42 Å². The smallest absolute Gasteiger partial charge is 0.288 e. The van der Waals surface area contributed by atoms with Gasteiger partial charge in [0.05, 0.1) is 16.6 Å². The largest absolute Gasteiger partial charge is 0.457 e. The quantitative estimate of drug-likeness (QED) is 0.335. The number of furan rings is 1. The van der Waals surface area contributed by atoms with Crippen molar-refractivity contribution >= 4 is 28.9 Å². The number of benzene rings is 2. The predicted molar refractivity (Wildman–Crippen MR) is 95.7 cm³/mol. The molecule has 0 unspecified atom stereocenters. The van der Waals surface area contributed by atoms with Gasteiger partial charge in [0, 0.05) is 17.2 Å². The lowest BCUT2D eigenvalue weighted by atomic mass is 10.1. The van der Waals surface area contributed by atoms with Crippen molar-refractivity contribution in [2.45, 2.75) is 0 Å². The molecule has 0 aliphatic rings. The molecule has 7 heteroatoms. The van der Waals surface area contributed by atoms with Crippen LogP contribution in [0.3, 0.4) is 0 Å². The molecule has 1 heterocycles. The van der Waals surface area contributed by atoms with Crippen molar-refractivity contribution in [3.63, 3.8) is 0 Å². The van der Waals surface area contributed by atoms with Gasteiger partial charge in [-0.25, -0.2) is 4.39 Å². The van der Waals surface area contributed by atoms with Crippen molar-refractivity contribution in [2.24, 2.45) is 0 Å². The van der Waals surface area contributed by atoms with Crippen molar-refractivity contribution in [3.05, 3.63) is 86.9 Å². The van der Waals surface area contributed by atoms with Crippen LogP contribution < -0.4 is 0 Å². The average molecular weight is 369 g/mol. The molecule has 0 bridgehead atoms. The third-order valence-electron chi connectivity index (χ3n) is 3.63. The van der Waals surface area contributed by atoms with E-state index in [4.69, 9.17) is 16.0 Å². The number of halogens is 2. The van der Waals surface area contributed by atoms with E-state index in [0.717, 1.165) is 0 Å². The first-order chi connectivity index (χ1) is 12.5. The predicted octanol–water partition coefficient (Wildman–Crippen LogP) is 5.71. The second kappa shape index (κ2) is 7.21. The van der Waals surface area contributed by atoms with E-state index in [-0.39, 0.29) is 21.8 Å². The van der Waals surface area contributed by atoms with Gasteiger partial charge in [0.1, 0.15) is 22.4 Å². The van der Waals surface area contributed by atoms with Gasteiger partial charge in [-0.2, -0.15) is 5.26 Å². The molecule has 26 heavy (non-hydrogen) atoms. The molecule has 0 radical (unpaired) electrons. The fourth-order valence-corrected chi connectivity index (χ4v) is 2.57. The molecule has 0 atom stereocenters. The number of allylic oxidation sites excluding steroid dienone is 1. The highest BCUT2D eigenvalue weighted by molar-refractivity contribution is 6.32. The van der Waals surface area contributed by atoms with Crippen LogP contribution in [0, 0.1) is 27.3 Å². The molecular formula is C19H10ClFN2O3. The van der Waals surface area contributed by atoms with E-state index in [1.807, 2.05) is 6.07 Å². The molecule has 3 rings (SSSR count). The van der Waals surface area contributed by atoms with Crippen LogP contribution in [0.4, 0.5) is 10.1 Å². The van der Waals surface area contributed by atoms with Gasteiger partial charge in [0.15, 0.2) is 0 Å². The van der Waals surface area contributed by atoms with Gasteiger partial charge in [0.25, 0.3) is 5.69 Å². The van der Waals surface area contributed by atoms with E-state index in [2.05, 4.69) is 0 Å². The maximum atomic E-state index is 13.9. The van der Waals surface area contributed by atoms with E-state index in [0.29, 0.717) is 17.1 Å². The topological polar surface area (TPSA) is 80.1 Å². The molecule has 0 saturated heterocycles. The Balaban J connectivity index is 1.98. The third kappa shape index (κ3) is 3.48. The molecule has 0 aliphatic carbocycles. The molecule has 0 aliphatic heterocycles. The highest BCUT2D eigenvalue weighted by Crippen LogP contribution is 2.32. The molecule has 0 saturated carbocycles. The number of nitro groups is 1. The van der Waals surface area contributed by atoms with E-state index < -0.39 is 10.7 Å². The number of hydrogen-bond acceptors (Lipinski definition) is 4. The van der Waals surface area contributed by atoms with Gasteiger partial charge in [-0.3, -0.25) is 10.1 Å². The maximum absolute atomic E-state index is 13.9. The van der Waals surface area contributed by atoms with Crippen molar-refractivity contribution < 1.29 is 13.7 Å². The van der Waals surface area contributed by atoms with Crippen LogP contribution >= 0.6 is 11.6 Å². The standard InChI is InChI=1S/C19H10ClFN2O3/c20-16-7-5-12(10-18(16)23(24)25)19-8-6-14(26-19)9-13(11-22)15-3-1-2-4-17(15)21/h1-10H. The Morgan fingerprint density at radius 3 is 2.69 bits per heavy atom. The molecule has 3 aromatic rings. The zero-order chi connectivity index (χ0) is 18.7. The molecule has 1 aromatic heterocycles. The Labute approximate surface area is 152 Å². The van der Waals surface area contributed by atoms with Crippen LogP contribution in [0.2, 0.25) is 5.02 Å². The SMILES string of the molecule is N#CC(=Cc1ccc(-c2ccc(Cl)c([N+](=O)[O-])c2)o1)c1ccccc1F. The highest BCUT2D eigenvalue weighted by atomic mass is 35.5. The van der Waals surface area contributed by atoms with E-state index in [1.165, 1.54) is 36.4 Å². The van der Waals surface area contributed by atoms with Crippen LogP contribution in [-0.2, 0) is 0 Å². The zero-order valence-corrected chi connectivity index (χ0v) is 13.9. The average Bonchev–Trinajstić information content (AvgIpc) is 3.09. The summed E-state index contributed by atoms with van der Waals surface area (Å²) in [6.45, 7) is 0. The summed E-state index contributed by atoms with van der Waals surface area (Å²) in [7, 11) is 0. The second-order valence-corrected chi connectivity index (χ2v) is 5.68. The maximum Gasteiger partial charge on any atom is 0.288 e. The molecule has 0 fully saturated rings. The Morgan fingerprint density at radius 1 is 1.23 bits per heavy atom. The molecule has 128 valence electrons. The number of nitro benzene ring substituents is 1. The molecule has 0 amide bonds. The summed E-state index contributed by atoms with van der Waals surface area (Å²) < 4.78 is 19.5. The Kier molecular flexibility index (Phi) is 4.83. The number of hydrogen-bond donors (Lipinski definition) is 0. The van der Waals surface area contributed by atoms with Crippen molar-refractivity contribution in [1.29, 1.82) is 5.26 Å². The summed E-state index contributed by atoms with van der Waals surface area (Å²) in [5.41, 5.74) is 0.494. The van der Waals surface area contributed by atoms with Crippen LogP contribution in [0.5, 0.6) is 0 Å². The lowest BCUT2D eigenvalue weighted by Gasteiger charge is -2.01. The Morgan fingerprint density at radius 2 is 2.00 bits per heavy atom. The van der Waals surface area contributed by atoms with Crippen LogP contribution in [-0.4, -0.2) is 4.92 Å². The first kappa shape index (κ1) is 17.4. The minimum Gasteiger partial charge on any atom is -0.457 e. The summed E-state index contributed by atoms with van der Waals surface area (Å²) in [4.78, 5) is 10.4. The van der Waals surface area contributed by atoms with E-state index >= 15 is 0 Å². The molecule has 2 aromatic carbocycles. The summed E-state index contributed by atoms with van der Waals surface area (Å²) in [5.74, 6) is 0.166. The molecular weight excluding hydrogens is 359 g/mol. The summed E-state index contributed by atoms with van der Waals surface area (Å²) in [6.07, 6.45) is 1.41. The van der Waals surface area contributed by atoms with Crippen molar-refractivity contribution in [1.82, 2.24) is 0 Å². The highest BCUT2D eigenvalue weighted by Gasteiger charge is 2.15. The first-order valence-corrected chi connectivity index (χ1v) is 7.78. The fraction of sp³-hybridized carbons (Fsp3) is 0. The third-order valence-corrected chi connectivity index (χ3v) is 3.94. The number of nitriles is 1. The zero-order valence-electron chi connectivity index (χ0n) is 13.1. The van der Waals surface area contributed by atoms with Gasteiger partial charge >= 0.3 is 0 Å². The molecule has 5 nitrogen and oxygen atoms in total. The number of nitrogens with zero attached hydrogens (tertiary/aromatic N) is 2. The second-order valence-electron chi connectivity index (χ2n) is 5.27. The van der Waals surface area contributed by atoms with Gasteiger partial charge in [-0.15, -0.1) is 0 Å². The van der Waals surface area contributed by atoms with Gasteiger partial charge in [-0.05, 0) is 36.4 Å². The lowest BCUT2D eigenvalue weighted by molar-refractivity contribution is -0.384. The van der Waals surface area contributed by atoms with Crippen LogP contribution in [0.25, 0.3) is 23.0 Å². The van der Waals surface area contributed by atoms with E-state index in [9.17, 15) is 19.8 Å². The number of rotatable bonds is 4. The van der Waals surface area contributed by atoms with Crippen molar-refractivity contribution in [2.75, 3.05) is 0 Å². The normalized spacial score (nSPS) is 11.2.